The molecule has 1 fully saturated rings. The molecule has 6 heteroatoms. The van der Waals surface area contributed by atoms with Crippen molar-refractivity contribution in [2.24, 2.45) is 4.99 Å². The van der Waals surface area contributed by atoms with Gasteiger partial charge in [-0.1, -0.05) is 23.7 Å². The van der Waals surface area contributed by atoms with Crippen molar-refractivity contribution in [3.8, 4) is 0 Å². The first kappa shape index (κ1) is 19.0. The fraction of sp³-hybridized carbons (Fsp3) is 0.611. The number of benzene rings is 1. The van der Waals surface area contributed by atoms with Crippen LogP contribution in [0.15, 0.2) is 29.3 Å². The lowest BCUT2D eigenvalue weighted by molar-refractivity contribution is -0.0175. The number of ether oxygens (including phenoxy) is 1. The van der Waals surface area contributed by atoms with Crippen molar-refractivity contribution in [3.63, 3.8) is 0 Å². The van der Waals surface area contributed by atoms with E-state index in [-0.39, 0.29) is 0 Å². The highest BCUT2D eigenvalue weighted by molar-refractivity contribution is 6.30. The summed E-state index contributed by atoms with van der Waals surface area (Å²) in [6, 6.07) is 8.83. The number of halogens is 1. The predicted molar refractivity (Wildman–Crippen MR) is 101 cm³/mol. The van der Waals surface area contributed by atoms with Crippen LogP contribution in [0, 0.1) is 0 Å². The second-order valence-corrected chi connectivity index (χ2v) is 6.86. The summed E-state index contributed by atoms with van der Waals surface area (Å²) in [4.78, 5) is 9.00. The van der Waals surface area contributed by atoms with E-state index in [9.17, 15) is 0 Å². The van der Waals surface area contributed by atoms with Crippen molar-refractivity contribution in [3.05, 3.63) is 34.9 Å². The Morgan fingerprint density at radius 3 is 3.00 bits per heavy atom. The van der Waals surface area contributed by atoms with Crippen molar-refractivity contribution in [1.82, 2.24) is 15.1 Å². The molecular formula is C18H29ClN4O. The van der Waals surface area contributed by atoms with Gasteiger partial charge in [0, 0.05) is 50.8 Å². The molecular weight excluding hydrogens is 324 g/mol. The summed E-state index contributed by atoms with van der Waals surface area (Å²) in [7, 11) is 3.86. The third-order valence-electron chi connectivity index (χ3n) is 4.42. The zero-order chi connectivity index (χ0) is 17.5. The summed E-state index contributed by atoms with van der Waals surface area (Å²) in [6.07, 6.45) is 0. The fourth-order valence-corrected chi connectivity index (χ4v) is 3.33. The Kier molecular flexibility index (Phi) is 7.34. The highest BCUT2D eigenvalue weighted by atomic mass is 35.5. The van der Waals surface area contributed by atoms with Crippen LogP contribution in [-0.2, 0) is 11.3 Å². The molecule has 0 aromatic heterocycles. The molecule has 1 saturated heterocycles. The molecule has 1 aliphatic rings. The zero-order valence-corrected chi connectivity index (χ0v) is 15.9. The number of nitrogens with zero attached hydrogens (tertiary/aromatic N) is 3. The summed E-state index contributed by atoms with van der Waals surface area (Å²) in [6.45, 7) is 8.71. The van der Waals surface area contributed by atoms with E-state index in [1.54, 1.807) is 0 Å². The fourth-order valence-electron chi connectivity index (χ4n) is 3.12. The topological polar surface area (TPSA) is 40.1 Å². The first-order valence-corrected chi connectivity index (χ1v) is 8.88. The Morgan fingerprint density at radius 1 is 1.54 bits per heavy atom. The van der Waals surface area contributed by atoms with E-state index in [2.05, 4.69) is 40.0 Å². The number of hydrogen-bond acceptors (Lipinski definition) is 3. The van der Waals surface area contributed by atoms with Gasteiger partial charge in [-0.2, -0.15) is 0 Å². The first-order valence-electron chi connectivity index (χ1n) is 8.51. The highest BCUT2D eigenvalue weighted by Crippen LogP contribution is 2.13. The van der Waals surface area contributed by atoms with Crippen LogP contribution in [0.5, 0.6) is 0 Å². The lowest BCUT2D eigenvalue weighted by Crippen LogP contribution is -2.53. The van der Waals surface area contributed by atoms with Gasteiger partial charge in [0.25, 0.3) is 0 Å². The second-order valence-electron chi connectivity index (χ2n) is 6.42. The third-order valence-corrected chi connectivity index (χ3v) is 4.66. The van der Waals surface area contributed by atoms with Gasteiger partial charge >= 0.3 is 0 Å². The van der Waals surface area contributed by atoms with Gasteiger partial charge < -0.3 is 15.0 Å². The van der Waals surface area contributed by atoms with Crippen LogP contribution in [0.2, 0.25) is 5.02 Å². The van der Waals surface area contributed by atoms with Crippen LogP contribution in [0.25, 0.3) is 0 Å². The number of rotatable bonds is 5. The number of hydrogen-bond donors (Lipinski definition) is 1. The standard InChI is InChI=1S/C18H29ClN4O/c1-14(23-8-9-24-13-15(23)2)11-21-18(20-3)22(4)12-16-6-5-7-17(19)10-16/h5-7,10,14-15H,8-9,11-13H2,1-4H3,(H,20,21). The third kappa shape index (κ3) is 5.36. The maximum Gasteiger partial charge on any atom is 0.193 e. The van der Waals surface area contributed by atoms with Gasteiger partial charge in [-0.05, 0) is 31.5 Å². The molecule has 24 heavy (non-hydrogen) atoms. The van der Waals surface area contributed by atoms with E-state index in [0.717, 1.165) is 43.8 Å². The van der Waals surface area contributed by atoms with E-state index in [0.29, 0.717) is 12.1 Å². The van der Waals surface area contributed by atoms with E-state index < -0.39 is 0 Å². The predicted octanol–water partition coefficient (Wildman–Crippen LogP) is 2.46. The van der Waals surface area contributed by atoms with Crippen molar-refractivity contribution in [2.75, 3.05) is 40.4 Å². The molecule has 134 valence electrons. The molecule has 5 nitrogen and oxygen atoms in total. The summed E-state index contributed by atoms with van der Waals surface area (Å²) in [5, 5.41) is 4.24. The number of morpholine rings is 1. The molecule has 0 amide bonds. The Morgan fingerprint density at radius 2 is 2.33 bits per heavy atom. The molecule has 2 atom stereocenters. The Hall–Kier alpha value is -1.30. The van der Waals surface area contributed by atoms with Gasteiger partial charge in [0.15, 0.2) is 5.96 Å². The molecule has 1 aromatic rings. The Labute approximate surface area is 150 Å². The Bertz CT molecular complexity index is 552. The molecule has 0 aliphatic carbocycles. The van der Waals surface area contributed by atoms with Crippen molar-refractivity contribution >= 4 is 17.6 Å². The highest BCUT2D eigenvalue weighted by Gasteiger charge is 2.23. The van der Waals surface area contributed by atoms with Gasteiger partial charge in [0.1, 0.15) is 0 Å². The molecule has 1 aromatic carbocycles. The molecule has 2 rings (SSSR count). The van der Waals surface area contributed by atoms with E-state index in [1.165, 1.54) is 5.56 Å². The molecule has 1 heterocycles. The van der Waals surface area contributed by atoms with Crippen LogP contribution in [0.3, 0.4) is 0 Å². The average molecular weight is 353 g/mol. The van der Waals surface area contributed by atoms with Gasteiger partial charge in [-0.15, -0.1) is 0 Å². The smallest absolute Gasteiger partial charge is 0.193 e. The van der Waals surface area contributed by atoms with E-state index in [4.69, 9.17) is 16.3 Å². The van der Waals surface area contributed by atoms with Crippen LogP contribution in [0.4, 0.5) is 0 Å². The van der Waals surface area contributed by atoms with Crippen LogP contribution in [0.1, 0.15) is 19.4 Å². The minimum Gasteiger partial charge on any atom is -0.379 e. The van der Waals surface area contributed by atoms with Crippen molar-refractivity contribution in [1.29, 1.82) is 0 Å². The first-order chi connectivity index (χ1) is 11.5. The SMILES string of the molecule is CN=C(NCC(C)N1CCOCC1C)N(C)Cc1cccc(Cl)c1. The van der Waals surface area contributed by atoms with Crippen LogP contribution >= 0.6 is 11.6 Å². The van der Waals surface area contributed by atoms with Crippen LogP contribution in [-0.4, -0.2) is 68.2 Å². The maximum atomic E-state index is 6.06. The largest absolute Gasteiger partial charge is 0.379 e. The molecule has 0 saturated carbocycles. The minimum atomic E-state index is 0.431. The van der Waals surface area contributed by atoms with E-state index >= 15 is 0 Å². The molecule has 0 radical (unpaired) electrons. The maximum absolute atomic E-state index is 6.06. The molecule has 1 aliphatic heterocycles. The summed E-state index contributed by atoms with van der Waals surface area (Å²) in [5.74, 6) is 0.891. The molecule has 0 bridgehead atoms. The monoisotopic (exact) mass is 352 g/mol. The van der Waals surface area contributed by atoms with Gasteiger partial charge in [0.05, 0.1) is 13.2 Å². The zero-order valence-electron chi connectivity index (χ0n) is 15.1. The lowest BCUT2D eigenvalue weighted by Gasteiger charge is -2.38. The van der Waals surface area contributed by atoms with Crippen LogP contribution < -0.4 is 5.32 Å². The number of nitrogens with one attached hydrogen (secondary N) is 1. The quantitative estimate of drug-likeness (QED) is 0.652. The second kappa shape index (κ2) is 9.25. The van der Waals surface area contributed by atoms with Gasteiger partial charge in [0.2, 0.25) is 0 Å². The average Bonchev–Trinajstić information content (AvgIpc) is 2.55. The Balaban J connectivity index is 1.87. The summed E-state index contributed by atoms with van der Waals surface area (Å²) >= 11 is 6.06. The van der Waals surface area contributed by atoms with E-state index in [1.807, 2.05) is 32.3 Å². The van der Waals surface area contributed by atoms with Gasteiger partial charge in [-0.3, -0.25) is 9.89 Å². The molecule has 0 spiro atoms. The lowest BCUT2D eigenvalue weighted by atomic mass is 10.2. The summed E-state index contributed by atoms with van der Waals surface area (Å²) in [5.41, 5.74) is 1.17. The number of guanidine groups is 1. The molecule has 1 N–H and O–H groups in total. The summed E-state index contributed by atoms with van der Waals surface area (Å²) < 4.78 is 5.52. The minimum absolute atomic E-state index is 0.431. The van der Waals surface area contributed by atoms with Crippen molar-refractivity contribution in [2.45, 2.75) is 32.5 Å². The number of aliphatic imine (C=N–C) groups is 1. The normalized spacial score (nSPS) is 20.7. The van der Waals surface area contributed by atoms with Crippen molar-refractivity contribution < 1.29 is 4.74 Å². The molecule has 2 unspecified atom stereocenters. The van der Waals surface area contributed by atoms with Gasteiger partial charge in [-0.25, -0.2) is 0 Å².